The molecule has 1 saturated carbocycles. The number of nitrogens with zero attached hydrogens (tertiary/aromatic N) is 5. The number of aryl methyl sites for hydroxylation is 1. The summed E-state index contributed by atoms with van der Waals surface area (Å²) in [4.78, 5) is 33.7. The van der Waals surface area contributed by atoms with E-state index in [0.717, 1.165) is 42.9 Å². The third-order valence-electron chi connectivity index (χ3n) is 6.38. The molecule has 3 aromatic rings. The predicted octanol–water partition coefficient (Wildman–Crippen LogP) is 3.59. The Hall–Kier alpha value is -3.49. The van der Waals surface area contributed by atoms with Crippen LogP contribution in [0.2, 0.25) is 0 Å². The predicted molar refractivity (Wildman–Crippen MR) is 118 cm³/mol. The number of anilines is 1. The van der Waals surface area contributed by atoms with E-state index in [1.807, 2.05) is 18.3 Å². The van der Waals surface area contributed by atoms with Gasteiger partial charge in [-0.15, -0.1) is 5.10 Å². The third kappa shape index (κ3) is 3.68. The SMILES string of the molecule is COc1nn(C2CCC(=O)CC2)cc1C(=O)Nc1cccc(-c2cnc3n2[C@@H](C)CC3)n1. The molecule has 1 atom stereocenters. The van der Waals surface area contributed by atoms with Crippen LogP contribution in [0, 0.1) is 0 Å². The van der Waals surface area contributed by atoms with Gasteiger partial charge in [0, 0.05) is 31.5 Å². The molecule has 166 valence electrons. The second-order valence-electron chi connectivity index (χ2n) is 8.48. The third-order valence-corrected chi connectivity index (χ3v) is 6.38. The Morgan fingerprint density at radius 1 is 1.19 bits per heavy atom. The van der Waals surface area contributed by atoms with E-state index in [4.69, 9.17) is 4.74 Å². The quantitative estimate of drug-likeness (QED) is 0.658. The van der Waals surface area contributed by atoms with Gasteiger partial charge in [0.25, 0.3) is 5.91 Å². The molecular weight excluding hydrogens is 408 g/mol. The zero-order chi connectivity index (χ0) is 22.2. The van der Waals surface area contributed by atoms with Gasteiger partial charge in [0.15, 0.2) is 0 Å². The van der Waals surface area contributed by atoms with Crippen molar-refractivity contribution >= 4 is 17.5 Å². The summed E-state index contributed by atoms with van der Waals surface area (Å²) in [6, 6.07) is 6.03. The van der Waals surface area contributed by atoms with Gasteiger partial charge in [-0.2, -0.15) is 0 Å². The molecule has 0 unspecified atom stereocenters. The molecule has 1 N–H and O–H groups in total. The minimum absolute atomic E-state index is 0.0931. The van der Waals surface area contributed by atoms with Crippen molar-refractivity contribution in [1.82, 2.24) is 24.3 Å². The molecule has 5 rings (SSSR count). The van der Waals surface area contributed by atoms with Crippen molar-refractivity contribution in [1.29, 1.82) is 0 Å². The van der Waals surface area contributed by atoms with Crippen LogP contribution in [0.25, 0.3) is 11.4 Å². The maximum atomic E-state index is 13.0. The van der Waals surface area contributed by atoms with Crippen molar-refractivity contribution in [2.24, 2.45) is 0 Å². The number of nitrogens with one attached hydrogen (secondary N) is 1. The molecule has 0 bridgehead atoms. The van der Waals surface area contributed by atoms with Crippen LogP contribution in [0.1, 0.15) is 67.3 Å². The number of carbonyl (C=O) groups excluding carboxylic acids is 2. The number of pyridine rings is 1. The summed E-state index contributed by atoms with van der Waals surface area (Å²) in [6.45, 7) is 2.18. The first-order valence-corrected chi connectivity index (χ1v) is 11.0. The smallest absolute Gasteiger partial charge is 0.263 e. The molecule has 9 heteroatoms. The summed E-state index contributed by atoms with van der Waals surface area (Å²) >= 11 is 0. The Labute approximate surface area is 185 Å². The van der Waals surface area contributed by atoms with Gasteiger partial charge in [-0.05, 0) is 38.3 Å². The van der Waals surface area contributed by atoms with Gasteiger partial charge in [0.2, 0.25) is 5.88 Å². The number of aromatic nitrogens is 5. The van der Waals surface area contributed by atoms with Crippen LogP contribution in [0.4, 0.5) is 5.82 Å². The standard InChI is InChI=1S/C23H26N6O3/c1-14-6-11-21-24-12-19(29(14)21)18-4-3-5-20(25-18)26-22(31)17-13-28(27-23(17)32-2)15-7-9-16(30)10-8-15/h3-5,12-15H,6-11H2,1-2H3,(H,25,26,31)/t14-/m0/s1. The summed E-state index contributed by atoms with van der Waals surface area (Å²) in [5.41, 5.74) is 2.07. The van der Waals surface area contributed by atoms with E-state index >= 15 is 0 Å². The maximum Gasteiger partial charge on any atom is 0.263 e. The van der Waals surface area contributed by atoms with E-state index < -0.39 is 0 Å². The molecule has 9 nitrogen and oxygen atoms in total. The Morgan fingerprint density at radius 3 is 2.78 bits per heavy atom. The van der Waals surface area contributed by atoms with Crippen LogP contribution < -0.4 is 10.1 Å². The summed E-state index contributed by atoms with van der Waals surface area (Å²) in [6.07, 6.45) is 8.13. The van der Waals surface area contributed by atoms with Crippen molar-refractivity contribution in [2.45, 2.75) is 57.5 Å². The van der Waals surface area contributed by atoms with Gasteiger partial charge >= 0.3 is 0 Å². The van der Waals surface area contributed by atoms with E-state index in [0.29, 0.717) is 30.3 Å². The summed E-state index contributed by atoms with van der Waals surface area (Å²) in [5, 5.41) is 7.31. The molecule has 0 saturated heterocycles. The van der Waals surface area contributed by atoms with Gasteiger partial charge in [-0.25, -0.2) is 9.97 Å². The lowest BCUT2D eigenvalue weighted by Gasteiger charge is -2.20. The number of fused-ring (bicyclic) bond motifs is 1. The molecule has 3 aromatic heterocycles. The average molecular weight is 435 g/mol. The number of methoxy groups -OCH3 is 1. The Balaban J connectivity index is 1.37. The molecule has 4 heterocycles. The monoisotopic (exact) mass is 434 g/mol. The van der Waals surface area contributed by atoms with Gasteiger partial charge in [0.05, 0.1) is 30.7 Å². The van der Waals surface area contributed by atoms with E-state index in [1.54, 1.807) is 16.9 Å². The Bertz CT molecular complexity index is 1170. The highest BCUT2D eigenvalue weighted by Crippen LogP contribution is 2.32. The second kappa shape index (κ2) is 8.22. The van der Waals surface area contributed by atoms with Crippen molar-refractivity contribution in [3.05, 3.63) is 42.0 Å². The van der Waals surface area contributed by atoms with Crippen LogP contribution in [0.15, 0.2) is 30.6 Å². The summed E-state index contributed by atoms with van der Waals surface area (Å²) < 4.78 is 9.32. The highest BCUT2D eigenvalue weighted by atomic mass is 16.5. The molecule has 1 aliphatic heterocycles. The fourth-order valence-corrected chi connectivity index (χ4v) is 4.62. The Kier molecular flexibility index (Phi) is 5.24. The minimum atomic E-state index is -0.337. The minimum Gasteiger partial charge on any atom is -0.479 e. The van der Waals surface area contributed by atoms with Gasteiger partial charge in [-0.3, -0.25) is 14.3 Å². The number of Topliss-reactive ketones (excluding diaryl/α,β-unsaturated/α-hetero) is 1. The molecule has 1 aliphatic carbocycles. The molecule has 0 aromatic carbocycles. The highest BCUT2D eigenvalue weighted by molar-refractivity contribution is 6.05. The number of imidazole rings is 1. The van der Waals surface area contributed by atoms with Gasteiger partial charge < -0.3 is 14.6 Å². The lowest BCUT2D eigenvalue weighted by molar-refractivity contribution is -0.120. The topological polar surface area (TPSA) is 104 Å². The van der Waals surface area contributed by atoms with Crippen LogP contribution in [0.3, 0.4) is 0 Å². The first kappa shape index (κ1) is 20.4. The fraction of sp³-hybridized carbons (Fsp3) is 0.435. The summed E-state index contributed by atoms with van der Waals surface area (Å²) in [5.74, 6) is 1.73. The number of rotatable bonds is 5. The van der Waals surface area contributed by atoms with Crippen molar-refractivity contribution in [2.75, 3.05) is 12.4 Å². The van der Waals surface area contributed by atoms with Gasteiger partial charge in [0.1, 0.15) is 23.0 Å². The number of amides is 1. The first-order valence-electron chi connectivity index (χ1n) is 11.0. The maximum absolute atomic E-state index is 13.0. The van der Waals surface area contributed by atoms with Crippen molar-refractivity contribution in [3.8, 4) is 17.3 Å². The van der Waals surface area contributed by atoms with Crippen LogP contribution in [-0.4, -0.2) is 43.1 Å². The fourth-order valence-electron chi connectivity index (χ4n) is 4.62. The molecule has 1 amide bonds. The molecule has 0 spiro atoms. The van der Waals surface area contributed by atoms with E-state index in [2.05, 4.69) is 31.9 Å². The number of hydrogen-bond donors (Lipinski definition) is 1. The lowest BCUT2D eigenvalue weighted by Crippen LogP contribution is -2.18. The molecule has 32 heavy (non-hydrogen) atoms. The average Bonchev–Trinajstić information content (AvgIpc) is 3.51. The van der Waals surface area contributed by atoms with E-state index in [9.17, 15) is 9.59 Å². The normalized spacial score (nSPS) is 18.6. The zero-order valence-electron chi connectivity index (χ0n) is 18.2. The zero-order valence-corrected chi connectivity index (χ0v) is 18.2. The summed E-state index contributed by atoms with van der Waals surface area (Å²) in [7, 11) is 1.49. The second-order valence-corrected chi connectivity index (χ2v) is 8.48. The number of ether oxygens (including phenoxy) is 1. The van der Waals surface area contributed by atoms with Crippen molar-refractivity contribution < 1.29 is 14.3 Å². The molecule has 2 aliphatic rings. The van der Waals surface area contributed by atoms with Crippen LogP contribution >= 0.6 is 0 Å². The highest BCUT2D eigenvalue weighted by Gasteiger charge is 2.26. The van der Waals surface area contributed by atoms with Crippen molar-refractivity contribution in [3.63, 3.8) is 0 Å². The number of carbonyl (C=O) groups is 2. The largest absolute Gasteiger partial charge is 0.479 e. The molecule has 1 fully saturated rings. The van der Waals surface area contributed by atoms with Crippen LogP contribution in [-0.2, 0) is 11.2 Å². The Morgan fingerprint density at radius 2 is 2.00 bits per heavy atom. The van der Waals surface area contributed by atoms with Crippen LogP contribution in [0.5, 0.6) is 5.88 Å². The molecule has 0 radical (unpaired) electrons. The molecular formula is C23H26N6O3. The number of hydrogen-bond acceptors (Lipinski definition) is 6. The van der Waals surface area contributed by atoms with E-state index in [-0.39, 0.29) is 23.6 Å². The first-order chi connectivity index (χ1) is 15.5. The lowest BCUT2D eigenvalue weighted by atomic mass is 9.94. The van der Waals surface area contributed by atoms with Gasteiger partial charge in [-0.1, -0.05) is 6.07 Å². The number of ketones is 1. The van der Waals surface area contributed by atoms with E-state index in [1.165, 1.54) is 7.11 Å².